The molecule has 0 aliphatic heterocycles. The van der Waals surface area contributed by atoms with Gasteiger partial charge in [-0.25, -0.2) is 0 Å². The lowest BCUT2D eigenvalue weighted by Crippen LogP contribution is -1.99. The molecule has 0 saturated heterocycles. The lowest BCUT2D eigenvalue weighted by Gasteiger charge is -2.26. The smallest absolute Gasteiger partial charge is 0.000719 e. The summed E-state index contributed by atoms with van der Waals surface area (Å²) >= 11 is 0. The standard InChI is InChI=1S/C42H30/c1-27-19-23-32(24-20-27)37-38(33-25-21-28(2)22-26-33)40(31-13-7-4-8-14-31)42-35-18-10-16-29-15-9-17-34(36(29)35)41(42)39(37)30-11-5-3-6-12-30/h3-26H,1-2H3. The molecule has 7 aromatic carbocycles. The summed E-state index contributed by atoms with van der Waals surface area (Å²) in [5.74, 6) is 0. The number of aryl methyl sites for hydroxylation is 2. The van der Waals surface area contributed by atoms with E-state index in [1.165, 1.54) is 88.7 Å². The number of hydrogen-bond donors (Lipinski definition) is 0. The van der Waals surface area contributed by atoms with E-state index in [0.29, 0.717) is 0 Å². The van der Waals surface area contributed by atoms with Crippen LogP contribution < -0.4 is 0 Å². The molecule has 0 radical (unpaired) electrons. The van der Waals surface area contributed by atoms with Gasteiger partial charge < -0.3 is 0 Å². The number of hydrogen-bond acceptors (Lipinski definition) is 0. The van der Waals surface area contributed by atoms with Gasteiger partial charge in [0.1, 0.15) is 0 Å². The molecule has 0 amide bonds. The van der Waals surface area contributed by atoms with Gasteiger partial charge in [0.25, 0.3) is 0 Å². The zero-order valence-corrected chi connectivity index (χ0v) is 23.9. The van der Waals surface area contributed by atoms with Crippen LogP contribution in [0.3, 0.4) is 0 Å². The van der Waals surface area contributed by atoms with Crippen molar-refractivity contribution in [2.75, 3.05) is 0 Å². The van der Waals surface area contributed by atoms with E-state index in [2.05, 4.69) is 159 Å². The van der Waals surface area contributed by atoms with E-state index in [-0.39, 0.29) is 0 Å². The van der Waals surface area contributed by atoms with Crippen LogP contribution in [0.5, 0.6) is 0 Å². The van der Waals surface area contributed by atoms with Crippen molar-refractivity contribution in [3.05, 3.63) is 157 Å². The maximum absolute atomic E-state index is 2.32. The Morgan fingerprint density at radius 1 is 0.286 bits per heavy atom. The fourth-order valence-corrected chi connectivity index (χ4v) is 6.85. The second kappa shape index (κ2) is 9.72. The molecule has 0 aromatic heterocycles. The maximum atomic E-state index is 2.32. The molecule has 7 aromatic rings. The Kier molecular flexibility index (Phi) is 5.69. The Labute approximate surface area is 247 Å². The van der Waals surface area contributed by atoms with Crippen LogP contribution in [0.2, 0.25) is 0 Å². The zero-order chi connectivity index (χ0) is 28.2. The van der Waals surface area contributed by atoms with Gasteiger partial charge in [0.05, 0.1) is 0 Å². The van der Waals surface area contributed by atoms with Gasteiger partial charge in [0, 0.05) is 0 Å². The predicted molar refractivity (Wildman–Crippen MR) is 180 cm³/mol. The third-order valence-corrected chi connectivity index (χ3v) is 8.75. The van der Waals surface area contributed by atoms with E-state index in [1.807, 2.05) is 0 Å². The topological polar surface area (TPSA) is 0 Å². The number of rotatable bonds is 4. The van der Waals surface area contributed by atoms with Crippen LogP contribution >= 0.6 is 0 Å². The van der Waals surface area contributed by atoms with E-state index in [1.54, 1.807) is 0 Å². The maximum Gasteiger partial charge on any atom is -0.000719 e. The number of fused-ring (bicyclic) bond motifs is 3. The van der Waals surface area contributed by atoms with Crippen LogP contribution in [0.1, 0.15) is 11.1 Å². The predicted octanol–water partition coefficient (Wildman–Crippen LogP) is 11.8. The van der Waals surface area contributed by atoms with Crippen molar-refractivity contribution >= 4 is 10.8 Å². The van der Waals surface area contributed by atoms with Crippen LogP contribution in [0.15, 0.2) is 146 Å². The Morgan fingerprint density at radius 2 is 0.643 bits per heavy atom. The van der Waals surface area contributed by atoms with E-state index < -0.39 is 0 Å². The minimum Gasteiger partial charge on any atom is -0.0622 e. The molecule has 1 aliphatic carbocycles. The molecule has 0 nitrogen and oxygen atoms in total. The average Bonchev–Trinajstić information content (AvgIpc) is 3.37. The number of benzene rings is 7. The molecule has 0 spiro atoms. The van der Waals surface area contributed by atoms with E-state index in [4.69, 9.17) is 0 Å². The van der Waals surface area contributed by atoms with E-state index in [0.717, 1.165) is 0 Å². The summed E-state index contributed by atoms with van der Waals surface area (Å²) in [4.78, 5) is 0. The van der Waals surface area contributed by atoms with Crippen LogP contribution in [-0.2, 0) is 0 Å². The second-order valence-corrected chi connectivity index (χ2v) is 11.4. The molecule has 1 aliphatic rings. The molecule has 0 N–H and O–H groups in total. The van der Waals surface area contributed by atoms with E-state index in [9.17, 15) is 0 Å². The molecule has 0 atom stereocenters. The highest BCUT2D eigenvalue weighted by Gasteiger charge is 2.33. The third kappa shape index (κ3) is 3.76. The summed E-state index contributed by atoms with van der Waals surface area (Å²) in [6, 6.07) is 53.8. The molecule has 8 rings (SSSR count). The lowest BCUT2D eigenvalue weighted by molar-refractivity contribution is 1.45. The highest BCUT2D eigenvalue weighted by Crippen LogP contribution is 2.60. The first-order valence-corrected chi connectivity index (χ1v) is 14.7. The fourth-order valence-electron chi connectivity index (χ4n) is 6.85. The highest BCUT2D eigenvalue weighted by molar-refractivity contribution is 6.25. The summed E-state index contributed by atoms with van der Waals surface area (Å²) in [6.07, 6.45) is 0. The average molecular weight is 535 g/mol. The van der Waals surface area contributed by atoms with Crippen molar-refractivity contribution in [2.45, 2.75) is 13.8 Å². The largest absolute Gasteiger partial charge is 0.0622 e. The first kappa shape index (κ1) is 24.6. The van der Waals surface area contributed by atoms with Crippen molar-refractivity contribution in [1.29, 1.82) is 0 Å². The fraction of sp³-hybridized carbons (Fsp3) is 0.0476. The molecule has 42 heavy (non-hydrogen) atoms. The van der Waals surface area contributed by atoms with E-state index >= 15 is 0 Å². The molecule has 0 unspecified atom stereocenters. The zero-order valence-electron chi connectivity index (χ0n) is 23.9. The van der Waals surface area contributed by atoms with Crippen molar-refractivity contribution in [3.8, 4) is 66.8 Å². The molecule has 0 bridgehead atoms. The van der Waals surface area contributed by atoms with Gasteiger partial charge in [0.2, 0.25) is 0 Å². The van der Waals surface area contributed by atoms with Gasteiger partial charge in [-0.15, -0.1) is 0 Å². The van der Waals surface area contributed by atoms with Gasteiger partial charge in [0.15, 0.2) is 0 Å². The van der Waals surface area contributed by atoms with Crippen molar-refractivity contribution in [3.63, 3.8) is 0 Å². The summed E-state index contributed by atoms with van der Waals surface area (Å²) in [7, 11) is 0. The van der Waals surface area contributed by atoms with Gasteiger partial charge in [-0.2, -0.15) is 0 Å². The Morgan fingerprint density at radius 3 is 1.05 bits per heavy atom. The van der Waals surface area contributed by atoms with Gasteiger partial charge in [-0.05, 0) is 91.4 Å². The second-order valence-electron chi connectivity index (χ2n) is 11.4. The molecule has 0 saturated carbocycles. The summed E-state index contributed by atoms with van der Waals surface area (Å²) in [6.45, 7) is 4.33. The SMILES string of the molecule is Cc1ccc(-c2c(-c3ccc(C)cc3)c(-c3ccccc3)c3c(c2-c2ccccc2)-c2cccc4cccc-3c24)cc1. The Bertz CT molecular complexity index is 1950. The first-order valence-electron chi connectivity index (χ1n) is 14.7. The van der Waals surface area contributed by atoms with Crippen LogP contribution in [0, 0.1) is 13.8 Å². The molecular weight excluding hydrogens is 504 g/mol. The normalized spacial score (nSPS) is 11.6. The first-order chi connectivity index (χ1) is 20.7. The van der Waals surface area contributed by atoms with Crippen molar-refractivity contribution in [2.24, 2.45) is 0 Å². The van der Waals surface area contributed by atoms with Gasteiger partial charge in [-0.3, -0.25) is 0 Å². The van der Waals surface area contributed by atoms with Crippen LogP contribution in [-0.4, -0.2) is 0 Å². The molecule has 0 heteroatoms. The third-order valence-electron chi connectivity index (χ3n) is 8.75. The summed E-state index contributed by atoms with van der Waals surface area (Å²) < 4.78 is 0. The molecular formula is C42H30. The Hall–Kier alpha value is -5.20. The van der Waals surface area contributed by atoms with Gasteiger partial charge >= 0.3 is 0 Å². The molecule has 198 valence electrons. The molecule has 0 fully saturated rings. The summed E-state index contributed by atoms with van der Waals surface area (Å²) in [5.41, 5.74) is 17.9. The van der Waals surface area contributed by atoms with Crippen LogP contribution in [0.25, 0.3) is 77.5 Å². The highest BCUT2D eigenvalue weighted by atomic mass is 14.4. The van der Waals surface area contributed by atoms with Crippen molar-refractivity contribution < 1.29 is 0 Å². The minimum atomic E-state index is 1.23. The summed E-state index contributed by atoms with van der Waals surface area (Å²) in [5, 5.41) is 2.63. The van der Waals surface area contributed by atoms with Crippen molar-refractivity contribution in [1.82, 2.24) is 0 Å². The Balaban J connectivity index is 1.67. The van der Waals surface area contributed by atoms with Crippen LogP contribution in [0.4, 0.5) is 0 Å². The quantitative estimate of drug-likeness (QED) is 0.211. The van der Waals surface area contributed by atoms with Gasteiger partial charge in [-0.1, -0.05) is 157 Å². The minimum absolute atomic E-state index is 1.23. The monoisotopic (exact) mass is 534 g/mol. The lowest BCUT2D eigenvalue weighted by atomic mass is 9.76. The molecule has 0 heterocycles.